The van der Waals surface area contributed by atoms with E-state index in [9.17, 15) is 0 Å². The van der Waals surface area contributed by atoms with Gasteiger partial charge >= 0.3 is 0 Å². The Morgan fingerprint density at radius 2 is 0.870 bits per heavy atom. The standard InChI is InChI=1S/C43H27BO2/c1-2-11-27(12-3-1)31-15-9-17-33-34-18-10-16-32(36(34)26-35(31)33)29-14-8-13-28(23-29)30-24-41-43-42(25-30)46-40-22-7-5-20-38(40)44(43)37-19-4-6-21-39(37)45-41/h1-25H,26H2. The third kappa shape index (κ3) is 3.78. The van der Waals surface area contributed by atoms with Gasteiger partial charge in [-0.25, -0.2) is 0 Å². The molecule has 0 N–H and O–H groups in total. The van der Waals surface area contributed by atoms with E-state index < -0.39 is 0 Å². The number of ether oxygens (including phenoxy) is 2. The van der Waals surface area contributed by atoms with Crippen LogP contribution in [0, 0.1) is 0 Å². The molecule has 0 atom stereocenters. The molecule has 1 aliphatic carbocycles. The highest BCUT2D eigenvalue weighted by molar-refractivity contribution is 6.98. The number of fused-ring (bicyclic) bond motifs is 7. The van der Waals surface area contributed by atoms with E-state index in [0.717, 1.165) is 46.0 Å². The van der Waals surface area contributed by atoms with Gasteiger partial charge in [-0.05, 0) is 103 Å². The highest BCUT2D eigenvalue weighted by Crippen LogP contribution is 2.46. The Kier molecular flexibility index (Phi) is 5.47. The summed E-state index contributed by atoms with van der Waals surface area (Å²) in [6.45, 7) is 0.0783. The molecular formula is C43H27BO2. The van der Waals surface area contributed by atoms with Crippen molar-refractivity contribution in [3.05, 3.63) is 163 Å². The molecule has 46 heavy (non-hydrogen) atoms. The Bertz CT molecular complexity index is 2290. The Morgan fingerprint density at radius 1 is 0.370 bits per heavy atom. The highest BCUT2D eigenvalue weighted by Gasteiger charge is 2.40. The smallest absolute Gasteiger partial charge is 0.260 e. The molecule has 0 saturated carbocycles. The van der Waals surface area contributed by atoms with Crippen molar-refractivity contribution < 1.29 is 9.47 Å². The summed E-state index contributed by atoms with van der Waals surface area (Å²) in [5.41, 5.74) is 16.2. The van der Waals surface area contributed by atoms with Crippen molar-refractivity contribution in [3.8, 4) is 67.5 Å². The van der Waals surface area contributed by atoms with Crippen molar-refractivity contribution in [3.63, 3.8) is 0 Å². The fourth-order valence-corrected chi connectivity index (χ4v) is 7.82. The topological polar surface area (TPSA) is 18.5 Å². The summed E-state index contributed by atoms with van der Waals surface area (Å²) in [4.78, 5) is 0. The van der Waals surface area contributed by atoms with Crippen LogP contribution in [0.4, 0.5) is 0 Å². The summed E-state index contributed by atoms with van der Waals surface area (Å²) in [5.74, 6) is 3.53. The first-order chi connectivity index (χ1) is 22.8. The van der Waals surface area contributed by atoms with Crippen LogP contribution in [0.25, 0.3) is 44.5 Å². The zero-order chi connectivity index (χ0) is 30.2. The Hall–Kier alpha value is -5.80. The SMILES string of the molecule is c1ccc(-c2cccc3c2Cc2c(-c4cccc(-c5cc6c7c(c5)Oc5ccccc5B7c5ccccc5O6)c4)cccc2-3)cc1. The molecule has 0 unspecified atom stereocenters. The number of benzene rings is 7. The van der Waals surface area contributed by atoms with Crippen LogP contribution in [0.1, 0.15) is 11.1 Å². The zero-order valence-corrected chi connectivity index (χ0v) is 25.0. The number of hydrogen-bond donors (Lipinski definition) is 0. The van der Waals surface area contributed by atoms with Crippen LogP contribution in [-0.2, 0) is 6.42 Å². The van der Waals surface area contributed by atoms with Crippen molar-refractivity contribution in [2.75, 3.05) is 0 Å². The second-order valence-electron chi connectivity index (χ2n) is 12.4. The zero-order valence-electron chi connectivity index (χ0n) is 25.0. The lowest BCUT2D eigenvalue weighted by molar-refractivity contribution is 0.465. The van der Waals surface area contributed by atoms with Crippen molar-refractivity contribution >= 4 is 23.1 Å². The Labute approximate surface area is 268 Å². The molecule has 0 saturated heterocycles. The largest absolute Gasteiger partial charge is 0.458 e. The van der Waals surface area contributed by atoms with Crippen LogP contribution in [-0.4, -0.2) is 6.71 Å². The highest BCUT2D eigenvalue weighted by atomic mass is 16.5. The molecule has 0 amide bonds. The maximum atomic E-state index is 6.58. The van der Waals surface area contributed by atoms with Crippen LogP contribution in [0.5, 0.6) is 23.0 Å². The van der Waals surface area contributed by atoms with Gasteiger partial charge in [0.2, 0.25) is 0 Å². The Balaban J connectivity index is 1.08. The number of rotatable bonds is 3. The number of para-hydroxylation sites is 2. The van der Waals surface area contributed by atoms with Gasteiger partial charge in [-0.15, -0.1) is 0 Å². The van der Waals surface area contributed by atoms with Gasteiger partial charge in [0.15, 0.2) is 0 Å². The fraction of sp³-hybridized carbons (Fsp3) is 0.0233. The molecule has 2 aliphatic heterocycles. The quantitative estimate of drug-likeness (QED) is 0.193. The van der Waals surface area contributed by atoms with E-state index in [4.69, 9.17) is 9.47 Å². The minimum Gasteiger partial charge on any atom is -0.458 e. The molecule has 3 aliphatic rings. The van der Waals surface area contributed by atoms with E-state index in [2.05, 4.69) is 140 Å². The molecule has 0 radical (unpaired) electrons. The predicted octanol–water partition coefficient (Wildman–Crippen LogP) is 8.99. The molecule has 0 aromatic heterocycles. The monoisotopic (exact) mass is 586 g/mol. The first-order valence-corrected chi connectivity index (χ1v) is 15.9. The van der Waals surface area contributed by atoms with Gasteiger partial charge in [-0.2, -0.15) is 0 Å². The van der Waals surface area contributed by atoms with Gasteiger partial charge in [0.05, 0.1) is 0 Å². The van der Waals surface area contributed by atoms with E-state index in [1.54, 1.807) is 0 Å². The molecule has 7 aromatic carbocycles. The van der Waals surface area contributed by atoms with Crippen molar-refractivity contribution in [2.24, 2.45) is 0 Å². The molecule has 2 nitrogen and oxygen atoms in total. The van der Waals surface area contributed by atoms with Gasteiger partial charge in [-0.1, -0.05) is 121 Å². The minimum absolute atomic E-state index is 0.0783. The lowest BCUT2D eigenvalue weighted by Gasteiger charge is -2.33. The summed E-state index contributed by atoms with van der Waals surface area (Å²) >= 11 is 0. The van der Waals surface area contributed by atoms with E-state index in [1.807, 2.05) is 12.1 Å². The average molecular weight is 586 g/mol. The molecule has 7 aromatic rings. The average Bonchev–Trinajstić information content (AvgIpc) is 3.51. The molecular weight excluding hydrogens is 559 g/mol. The van der Waals surface area contributed by atoms with Crippen LogP contribution >= 0.6 is 0 Å². The van der Waals surface area contributed by atoms with Crippen LogP contribution in [0.15, 0.2) is 152 Å². The molecule has 10 rings (SSSR count). The molecule has 3 heteroatoms. The first kappa shape index (κ1) is 25.5. The first-order valence-electron chi connectivity index (χ1n) is 15.9. The van der Waals surface area contributed by atoms with Gasteiger partial charge in [0, 0.05) is 5.46 Å². The summed E-state index contributed by atoms with van der Waals surface area (Å²) in [6, 6.07) is 54.3. The van der Waals surface area contributed by atoms with Crippen LogP contribution in [0.3, 0.4) is 0 Å². The molecule has 0 spiro atoms. The van der Waals surface area contributed by atoms with E-state index in [0.29, 0.717) is 0 Å². The van der Waals surface area contributed by atoms with Crippen molar-refractivity contribution in [1.82, 2.24) is 0 Å². The summed E-state index contributed by atoms with van der Waals surface area (Å²) in [6.07, 6.45) is 0.918. The second kappa shape index (κ2) is 9.85. The third-order valence-electron chi connectivity index (χ3n) is 9.88. The van der Waals surface area contributed by atoms with E-state index in [1.165, 1.54) is 55.4 Å². The molecule has 214 valence electrons. The van der Waals surface area contributed by atoms with Crippen molar-refractivity contribution in [1.29, 1.82) is 0 Å². The van der Waals surface area contributed by atoms with Gasteiger partial charge < -0.3 is 9.47 Å². The van der Waals surface area contributed by atoms with Gasteiger partial charge in [0.25, 0.3) is 6.71 Å². The number of hydrogen-bond acceptors (Lipinski definition) is 2. The van der Waals surface area contributed by atoms with Crippen LogP contribution < -0.4 is 25.9 Å². The second-order valence-corrected chi connectivity index (χ2v) is 12.4. The lowest BCUT2D eigenvalue weighted by Crippen LogP contribution is -2.57. The van der Waals surface area contributed by atoms with E-state index >= 15 is 0 Å². The maximum absolute atomic E-state index is 6.58. The summed E-state index contributed by atoms with van der Waals surface area (Å²) in [5, 5.41) is 0. The van der Waals surface area contributed by atoms with E-state index in [-0.39, 0.29) is 6.71 Å². The molecule has 2 heterocycles. The Morgan fingerprint density at radius 3 is 1.52 bits per heavy atom. The van der Waals surface area contributed by atoms with Crippen molar-refractivity contribution in [2.45, 2.75) is 6.42 Å². The van der Waals surface area contributed by atoms with Crippen LogP contribution in [0.2, 0.25) is 0 Å². The van der Waals surface area contributed by atoms with Gasteiger partial charge in [0.1, 0.15) is 23.0 Å². The van der Waals surface area contributed by atoms with Gasteiger partial charge in [-0.3, -0.25) is 0 Å². The summed E-state index contributed by atoms with van der Waals surface area (Å²) < 4.78 is 13.2. The molecule has 0 bridgehead atoms. The minimum atomic E-state index is 0.0783. The maximum Gasteiger partial charge on any atom is 0.260 e. The fourth-order valence-electron chi connectivity index (χ4n) is 7.82. The summed E-state index contributed by atoms with van der Waals surface area (Å²) in [7, 11) is 0. The predicted molar refractivity (Wildman–Crippen MR) is 189 cm³/mol. The third-order valence-corrected chi connectivity index (χ3v) is 9.88. The molecule has 0 fully saturated rings. The lowest BCUT2D eigenvalue weighted by atomic mass is 9.35. The normalized spacial score (nSPS) is 13.0.